The number of nitrogens with one attached hydrogen (secondary N) is 1. The summed E-state index contributed by atoms with van der Waals surface area (Å²) < 4.78 is 28.0. The van der Waals surface area contributed by atoms with Crippen LogP contribution in [-0.4, -0.2) is 8.42 Å². The maximum absolute atomic E-state index is 12.6. The molecule has 3 rings (SSSR count). The molecule has 0 radical (unpaired) electrons. The van der Waals surface area contributed by atoms with E-state index in [2.05, 4.69) is 4.72 Å². The number of rotatable bonds is 3. The molecule has 0 amide bonds. The molecule has 0 saturated heterocycles. The molecular weight excluding hydrogens is 318 g/mol. The van der Waals surface area contributed by atoms with Gasteiger partial charge in [-0.1, -0.05) is 54.1 Å². The van der Waals surface area contributed by atoms with Crippen LogP contribution in [0.3, 0.4) is 0 Å². The maximum Gasteiger partial charge on any atom is 0.262 e. The Kier molecular flexibility index (Phi) is 3.81. The molecule has 3 aromatic carbocycles. The van der Waals surface area contributed by atoms with Crippen molar-refractivity contribution < 1.29 is 8.42 Å². The van der Waals surface area contributed by atoms with Gasteiger partial charge in [0.1, 0.15) is 0 Å². The summed E-state index contributed by atoms with van der Waals surface area (Å²) in [5.74, 6) is 0. The van der Waals surface area contributed by atoms with Gasteiger partial charge in [0, 0.05) is 10.4 Å². The molecule has 3 nitrogen and oxygen atoms in total. The van der Waals surface area contributed by atoms with Crippen LogP contribution < -0.4 is 4.72 Å². The van der Waals surface area contributed by atoms with Gasteiger partial charge in [0.05, 0.1) is 10.6 Å². The Morgan fingerprint density at radius 3 is 2.41 bits per heavy atom. The minimum Gasteiger partial charge on any atom is -0.279 e. The average Bonchev–Trinajstić information content (AvgIpc) is 2.50. The van der Waals surface area contributed by atoms with E-state index in [4.69, 9.17) is 11.6 Å². The van der Waals surface area contributed by atoms with Gasteiger partial charge < -0.3 is 0 Å². The molecular formula is C17H14ClNO2S. The molecule has 0 saturated carbocycles. The molecule has 3 aromatic rings. The molecule has 0 atom stereocenters. The van der Waals surface area contributed by atoms with Crippen LogP contribution >= 0.6 is 11.6 Å². The highest BCUT2D eigenvalue weighted by Crippen LogP contribution is 2.28. The maximum atomic E-state index is 12.6. The highest BCUT2D eigenvalue weighted by molar-refractivity contribution is 7.92. The summed E-state index contributed by atoms with van der Waals surface area (Å²) in [4.78, 5) is 0.188. The van der Waals surface area contributed by atoms with Crippen LogP contribution in [0.5, 0.6) is 0 Å². The Bertz CT molecular complexity index is 947. The lowest BCUT2D eigenvalue weighted by atomic mass is 10.1. The SMILES string of the molecule is Cc1c(Cl)cccc1S(=O)(=O)Nc1cccc2ccccc12. The van der Waals surface area contributed by atoms with Gasteiger partial charge in [0.2, 0.25) is 0 Å². The molecule has 112 valence electrons. The first-order chi connectivity index (χ1) is 10.5. The normalized spacial score (nSPS) is 11.5. The van der Waals surface area contributed by atoms with Gasteiger partial charge in [-0.3, -0.25) is 4.72 Å². The summed E-state index contributed by atoms with van der Waals surface area (Å²) in [5, 5.41) is 2.26. The summed E-state index contributed by atoms with van der Waals surface area (Å²) in [6.07, 6.45) is 0. The van der Waals surface area contributed by atoms with Crippen molar-refractivity contribution in [2.45, 2.75) is 11.8 Å². The van der Waals surface area contributed by atoms with Crippen LogP contribution in [0.1, 0.15) is 5.56 Å². The summed E-state index contributed by atoms with van der Waals surface area (Å²) in [5.41, 5.74) is 1.09. The molecule has 0 unspecified atom stereocenters. The van der Waals surface area contributed by atoms with Gasteiger partial charge in [-0.15, -0.1) is 0 Å². The summed E-state index contributed by atoms with van der Waals surface area (Å²) in [6, 6.07) is 18.0. The van der Waals surface area contributed by atoms with E-state index in [0.29, 0.717) is 16.3 Å². The smallest absolute Gasteiger partial charge is 0.262 e. The van der Waals surface area contributed by atoms with Crippen molar-refractivity contribution in [1.29, 1.82) is 0 Å². The predicted octanol–water partition coefficient (Wildman–Crippen LogP) is 4.60. The number of benzene rings is 3. The summed E-state index contributed by atoms with van der Waals surface area (Å²) in [6.45, 7) is 1.69. The van der Waals surface area contributed by atoms with Crippen LogP contribution in [0.25, 0.3) is 10.8 Å². The number of hydrogen-bond donors (Lipinski definition) is 1. The molecule has 0 heterocycles. The molecule has 0 spiro atoms. The van der Waals surface area contributed by atoms with Gasteiger partial charge in [-0.05, 0) is 36.1 Å². The van der Waals surface area contributed by atoms with Crippen molar-refractivity contribution in [2.75, 3.05) is 4.72 Å². The van der Waals surface area contributed by atoms with Crippen LogP contribution in [0.4, 0.5) is 5.69 Å². The molecule has 5 heteroatoms. The quantitative estimate of drug-likeness (QED) is 0.762. The summed E-state index contributed by atoms with van der Waals surface area (Å²) in [7, 11) is -3.69. The Labute approximate surface area is 134 Å². The third-order valence-electron chi connectivity index (χ3n) is 3.54. The largest absolute Gasteiger partial charge is 0.279 e. The van der Waals surface area contributed by atoms with E-state index in [0.717, 1.165) is 10.8 Å². The molecule has 0 bridgehead atoms. The monoisotopic (exact) mass is 331 g/mol. The van der Waals surface area contributed by atoms with Gasteiger partial charge >= 0.3 is 0 Å². The van der Waals surface area contributed by atoms with Crippen LogP contribution in [0.2, 0.25) is 5.02 Å². The van der Waals surface area contributed by atoms with Gasteiger partial charge in [-0.25, -0.2) is 8.42 Å². The van der Waals surface area contributed by atoms with Gasteiger partial charge in [0.15, 0.2) is 0 Å². The Morgan fingerprint density at radius 2 is 1.59 bits per heavy atom. The second kappa shape index (κ2) is 5.63. The van der Waals surface area contributed by atoms with Crippen molar-refractivity contribution in [3.8, 4) is 0 Å². The first kappa shape index (κ1) is 14.9. The van der Waals surface area contributed by atoms with E-state index in [1.807, 2.05) is 36.4 Å². The van der Waals surface area contributed by atoms with E-state index in [9.17, 15) is 8.42 Å². The predicted molar refractivity (Wildman–Crippen MR) is 90.9 cm³/mol. The van der Waals surface area contributed by atoms with Gasteiger partial charge in [-0.2, -0.15) is 0 Å². The van der Waals surface area contributed by atoms with Crippen LogP contribution in [-0.2, 0) is 10.0 Å². The molecule has 1 N–H and O–H groups in total. The second-order valence-corrected chi connectivity index (χ2v) is 7.05. The highest BCUT2D eigenvalue weighted by atomic mass is 35.5. The first-order valence-corrected chi connectivity index (χ1v) is 8.61. The molecule has 0 aliphatic rings. The first-order valence-electron chi connectivity index (χ1n) is 6.75. The fraction of sp³-hybridized carbons (Fsp3) is 0.0588. The number of fused-ring (bicyclic) bond motifs is 1. The van der Waals surface area contributed by atoms with E-state index in [1.54, 1.807) is 31.2 Å². The number of anilines is 1. The van der Waals surface area contributed by atoms with Crippen molar-refractivity contribution in [1.82, 2.24) is 0 Å². The van der Waals surface area contributed by atoms with E-state index in [1.165, 1.54) is 0 Å². The zero-order chi connectivity index (χ0) is 15.7. The van der Waals surface area contributed by atoms with Crippen LogP contribution in [0.15, 0.2) is 65.6 Å². The fourth-order valence-electron chi connectivity index (χ4n) is 2.39. The lowest BCUT2D eigenvalue weighted by Crippen LogP contribution is -2.14. The molecule has 0 fully saturated rings. The third kappa shape index (κ3) is 2.67. The number of hydrogen-bond acceptors (Lipinski definition) is 2. The number of halogens is 1. The van der Waals surface area contributed by atoms with Crippen LogP contribution in [0, 0.1) is 6.92 Å². The highest BCUT2D eigenvalue weighted by Gasteiger charge is 2.19. The lowest BCUT2D eigenvalue weighted by Gasteiger charge is -2.13. The molecule has 0 aliphatic carbocycles. The van der Waals surface area contributed by atoms with Crippen molar-refractivity contribution in [3.63, 3.8) is 0 Å². The van der Waals surface area contributed by atoms with Crippen molar-refractivity contribution in [2.24, 2.45) is 0 Å². The Hall–Kier alpha value is -2.04. The fourth-order valence-corrected chi connectivity index (χ4v) is 3.97. The van der Waals surface area contributed by atoms with E-state index in [-0.39, 0.29) is 4.90 Å². The minimum atomic E-state index is -3.69. The van der Waals surface area contributed by atoms with Gasteiger partial charge in [0.25, 0.3) is 10.0 Å². The molecule has 0 aliphatic heterocycles. The van der Waals surface area contributed by atoms with Crippen molar-refractivity contribution >= 4 is 38.1 Å². The third-order valence-corrected chi connectivity index (χ3v) is 5.46. The second-order valence-electron chi connectivity index (χ2n) is 5.00. The minimum absolute atomic E-state index is 0.188. The Morgan fingerprint density at radius 1 is 0.909 bits per heavy atom. The Balaban J connectivity index is 2.09. The standard InChI is InChI=1S/C17H14ClNO2S/c1-12-15(18)9-5-11-17(12)22(20,21)19-16-10-4-7-13-6-2-3-8-14(13)16/h2-11,19H,1H3. The van der Waals surface area contributed by atoms with E-state index >= 15 is 0 Å². The van der Waals surface area contributed by atoms with E-state index < -0.39 is 10.0 Å². The van der Waals surface area contributed by atoms with Crippen molar-refractivity contribution in [3.05, 3.63) is 71.2 Å². The lowest BCUT2D eigenvalue weighted by molar-refractivity contribution is 0.600. The topological polar surface area (TPSA) is 46.2 Å². The molecule has 0 aromatic heterocycles. The molecule has 22 heavy (non-hydrogen) atoms. The zero-order valence-corrected chi connectivity index (χ0v) is 13.4. The summed E-state index contributed by atoms with van der Waals surface area (Å²) >= 11 is 6.03. The zero-order valence-electron chi connectivity index (χ0n) is 11.9. The number of sulfonamides is 1. The average molecular weight is 332 g/mol.